The van der Waals surface area contributed by atoms with Crippen molar-refractivity contribution < 1.29 is 19.2 Å². The zero-order valence-corrected chi connectivity index (χ0v) is 17.6. The van der Waals surface area contributed by atoms with E-state index in [2.05, 4.69) is 26.1 Å². The van der Waals surface area contributed by atoms with E-state index in [1.54, 1.807) is 30.3 Å². The van der Waals surface area contributed by atoms with Gasteiger partial charge in [0, 0.05) is 30.4 Å². The van der Waals surface area contributed by atoms with Gasteiger partial charge in [0.15, 0.2) is 18.1 Å². The van der Waals surface area contributed by atoms with Crippen LogP contribution in [0.2, 0.25) is 5.15 Å². The minimum absolute atomic E-state index is 0.119. The summed E-state index contributed by atoms with van der Waals surface area (Å²) in [6, 6.07) is 12.5. The molecule has 0 saturated heterocycles. The fourth-order valence-electron chi connectivity index (χ4n) is 2.62. The van der Waals surface area contributed by atoms with E-state index >= 15 is 0 Å². The summed E-state index contributed by atoms with van der Waals surface area (Å²) in [4.78, 5) is 30.3. The Labute approximate surface area is 187 Å². The molecule has 0 fully saturated rings. The first-order valence-corrected chi connectivity index (χ1v) is 9.63. The molecule has 0 bridgehead atoms. The Hall–Kier alpha value is -3.96. The summed E-state index contributed by atoms with van der Waals surface area (Å²) < 4.78 is 10.9. The first-order valence-electron chi connectivity index (χ1n) is 9.25. The molecule has 3 rings (SSSR count). The lowest BCUT2D eigenvalue weighted by molar-refractivity contribution is -0.384. The van der Waals surface area contributed by atoms with Gasteiger partial charge in [-0.3, -0.25) is 14.9 Å². The molecule has 0 aliphatic carbocycles. The number of hydrazine groups is 1. The molecule has 166 valence electrons. The highest BCUT2D eigenvalue weighted by Crippen LogP contribution is 2.28. The standard InChI is InChI=1S/C20H19ClN6O5/c1-31-17-7-13(10-24-26-19-9-18(21)22-12-23-19)5-6-16(17)32-11-20(28)25-14-3-2-4-15(8-14)27(29)30/h2-9,12,24H,10-11H2,1H3,(H,25,28)(H,22,23,26). The van der Waals surface area contributed by atoms with Crippen LogP contribution in [0.1, 0.15) is 5.56 Å². The first-order chi connectivity index (χ1) is 15.4. The van der Waals surface area contributed by atoms with Gasteiger partial charge in [0.25, 0.3) is 11.6 Å². The number of nitrogens with zero attached hydrogens (tertiary/aromatic N) is 3. The van der Waals surface area contributed by atoms with E-state index in [4.69, 9.17) is 21.1 Å². The summed E-state index contributed by atoms with van der Waals surface area (Å²) >= 11 is 5.81. The summed E-state index contributed by atoms with van der Waals surface area (Å²) in [6.07, 6.45) is 1.34. The Morgan fingerprint density at radius 3 is 2.75 bits per heavy atom. The van der Waals surface area contributed by atoms with Crippen LogP contribution < -0.4 is 25.6 Å². The van der Waals surface area contributed by atoms with Gasteiger partial charge in [-0.1, -0.05) is 23.7 Å². The van der Waals surface area contributed by atoms with Crippen molar-refractivity contribution >= 4 is 34.7 Å². The number of hydrogen-bond acceptors (Lipinski definition) is 9. The Kier molecular flexibility index (Phi) is 7.73. The number of anilines is 2. The van der Waals surface area contributed by atoms with Gasteiger partial charge in [-0.05, 0) is 23.8 Å². The Morgan fingerprint density at radius 1 is 1.16 bits per heavy atom. The van der Waals surface area contributed by atoms with Crippen LogP contribution in [0.3, 0.4) is 0 Å². The highest BCUT2D eigenvalue weighted by Gasteiger charge is 2.11. The van der Waals surface area contributed by atoms with Crippen molar-refractivity contribution in [2.24, 2.45) is 0 Å². The van der Waals surface area contributed by atoms with Crippen molar-refractivity contribution in [3.63, 3.8) is 0 Å². The van der Waals surface area contributed by atoms with Crippen molar-refractivity contribution in [2.75, 3.05) is 24.5 Å². The molecule has 1 heterocycles. The molecular formula is C20H19ClN6O5. The van der Waals surface area contributed by atoms with Crippen LogP contribution in [0.4, 0.5) is 17.2 Å². The molecule has 1 amide bonds. The number of amides is 1. The second kappa shape index (κ2) is 10.9. The van der Waals surface area contributed by atoms with Crippen molar-refractivity contribution in [2.45, 2.75) is 6.54 Å². The second-order valence-corrected chi connectivity index (χ2v) is 6.72. The summed E-state index contributed by atoms with van der Waals surface area (Å²) in [5.41, 5.74) is 6.97. The van der Waals surface area contributed by atoms with Gasteiger partial charge in [0.1, 0.15) is 17.3 Å². The number of benzene rings is 2. The number of nitro benzene ring substituents is 1. The fraction of sp³-hybridized carbons (Fsp3) is 0.150. The molecule has 0 aliphatic rings. The number of non-ortho nitro benzene ring substituents is 1. The van der Waals surface area contributed by atoms with E-state index in [0.29, 0.717) is 34.7 Å². The minimum Gasteiger partial charge on any atom is -0.493 e. The second-order valence-electron chi connectivity index (χ2n) is 6.33. The third-order valence-corrected chi connectivity index (χ3v) is 4.28. The number of carbonyl (C=O) groups excluding carboxylic acids is 1. The highest BCUT2D eigenvalue weighted by atomic mass is 35.5. The molecule has 2 aromatic carbocycles. The predicted octanol–water partition coefficient (Wildman–Crippen LogP) is 3.18. The van der Waals surface area contributed by atoms with E-state index in [9.17, 15) is 14.9 Å². The fourth-order valence-corrected chi connectivity index (χ4v) is 2.76. The topological polar surface area (TPSA) is 141 Å². The zero-order chi connectivity index (χ0) is 22.9. The highest BCUT2D eigenvalue weighted by molar-refractivity contribution is 6.29. The van der Waals surface area contributed by atoms with Gasteiger partial charge in [0.2, 0.25) is 0 Å². The summed E-state index contributed by atoms with van der Waals surface area (Å²) in [6.45, 7) is 0.137. The van der Waals surface area contributed by atoms with Gasteiger partial charge < -0.3 is 20.2 Å². The lowest BCUT2D eigenvalue weighted by Gasteiger charge is -2.13. The SMILES string of the molecule is COc1cc(CNNc2cc(Cl)ncn2)ccc1OCC(=O)Nc1cccc([N+](=O)[O-])c1. The van der Waals surface area contributed by atoms with Crippen molar-refractivity contribution in [1.82, 2.24) is 15.4 Å². The molecule has 0 unspecified atom stereocenters. The number of nitro groups is 1. The normalized spacial score (nSPS) is 10.3. The third kappa shape index (κ3) is 6.52. The van der Waals surface area contributed by atoms with Gasteiger partial charge in [-0.15, -0.1) is 0 Å². The molecule has 0 spiro atoms. The maximum absolute atomic E-state index is 12.1. The average molecular weight is 459 g/mol. The quantitative estimate of drug-likeness (QED) is 0.237. The number of methoxy groups -OCH3 is 1. The Bertz CT molecular complexity index is 1110. The van der Waals surface area contributed by atoms with Crippen molar-refractivity contribution in [3.8, 4) is 11.5 Å². The van der Waals surface area contributed by atoms with Crippen LogP contribution in [-0.2, 0) is 11.3 Å². The number of rotatable bonds is 10. The summed E-state index contributed by atoms with van der Waals surface area (Å²) in [5.74, 6) is 0.871. The molecule has 1 aromatic heterocycles. The molecule has 11 nitrogen and oxygen atoms in total. The lowest BCUT2D eigenvalue weighted by atomic mass is 10.2. The van der Waals surface area contributed by atoms with E-state index in [1.807, 2.05) is 0 Å². The van der Waals surface area contributed by atoms with Crippen molar-refractivity contribution in [1.29, 1.82) is 0 Å². The molecule has 0 radical (unpaired) electrons. The predicted molar refractivity (Wildman–Crippen MR) is 118 cm³/mol. The molecule has 0 atom stereocenters. The van der Waals surface area contributed by atoms with E-state index in [1.165, 1.54) is 31.6 Å². The Morgan fingerprint density at radius 2 is 2.00 bits per heavy atom. The number of nitrogens with one attached hydrogen (secondary N) is 3. The molecule has 0 saturated carbocycles. The summed E-state index contributed by atoms with van der Waals surface area (Å²) in [7, 11) is 1.49. The monoisotopic (exact) mass is 458 g/mol. The lowest BCUT2D eigenvalue weighted by Crippen LogP contribution is -2.22. The van der Waals surface area contributed by atoms with Crippen LogP contribution in [0, 0.1) is 10.1 Å². The number of carbonyl (C=O) groups is 1. The molecule has 32 heavy (non-hydrogen) atoms. The average Bonchev–Trinajstić information content (AvgIpc) is 2.78. The van der Waals surface area contributed by atoms with Gasteiger partial charge in [0.05, 0.1) is 12.0 Å². The van der Waals surface area contributed by atoms with Crippen LogP contribution in [0.25, 0.3) is 0 Å². The maximum atomic E-state index is 12.1. The van der Waals surface area contributed by atoms with Gasteiger partial charge >= 0.3 is 0 Å². The number of aromatic nitrogens is 2. The summed E-state index contributed by atoms with van der Waals surface area (Å²) in [5, 5.41) is 13.7. The smallest absolute Gasteiger partial charge is 0.271 e. The number of ether oxygens (including phenoxy) is 2. The van der Waals surface area contributed by atoms with E-state index in [0.717, 1.165) is 5.56 Å². The number of halogens is 1. The van der Waals surface area contributed by atoms with Gasteiger partial charge in [-0.25, -0.2) is 15.4 Å². The Balaban J connectivity index is 1.53. The van der Waals surface area contributed by atoms with Crippen LogP contribution in [0.5, 0.6) is 11.5 Å². The van der Waals surface area contributed by atoms with E-state index < -0.39 is 10.8 Å². The first kappa shape index (κ1) is 22.7. The van der Waals surface area contributed by atoms with Gasteiger partial charge in [-0.2, -0.15) is 0 Å². The van der Waals surface area contributed by atoms with Crippen LogP contribution in [0.15, 0.2) is 54.9 Å². The van der Waals surface area contributed by atoms with E-state index in [-0.39, 0.29) is 12.3 Å². The zero-order valence-electron chi connectivity index (χ0n) is 16.9. The third-order valence-electron chi connectivity index (χ3n) is 4.07. The largest absolute Gasteiger partial charge is 0.493 e. The molecule has 3 N–H and O–H groups in total. The number of hydrogen-bond donors (Lipinski definition) is 3. The maximum Gasteiger partial charge on any atom is 0.271 e. The molecule has 0 aliphatic heterocycles. The van der Waals surface area contributed by atoms with Crippen LogP contribution >= 0.6 is 11.6 Å². The molecular weight excluding hydrogens is 440 g/mol. The van der Waals surface area contributed by atoms with Crippen molar-refractivity contribution in [3.05, 3.63) is 75.7 Å². The molecule has 3 aromatic rings. The molecule has 12 heteroatoms. The van der Waals surface area contributed by atoms with Crippen LogP contribution in [-0.4, -0.2) is 34.5 Å². The minimum atomic E-state index is -0.536.